The third-order valence-corrected chi connectivity index (χ3v) is 4.02. The number of nitrogens with one attached hydrogen (secondary N) is 1. The molecule has 110 valence electrons. The molecule has 0 aromatic heterocycles. The molecule has 0 radical (unpaired) electrons. The van der Waals surface area contributed by atoms with Crippen LogP contribution in [-0.4, -0.2) is 35.0 Å². The van der Waals surface area contributed by atoms with E-state index in [-0.39, 0.29) is 16.7 Å². The number of benzene rings is 1. The number of non-ortho nitro benzene ring substituents is 1. The van der Waals surface area contributed by atoms with Gasteiger partial charge in [0.2, 0.25) is 0 Å². The van der Waals surface area contributed by atoms with Crippen LogP contribution in [0.3, 0.4) is 0 Å². The van der Waals surface area contributed by atoms with Gasteiger partial charge in [-0.05, 0) is 39.3 Å². The van der Waals surface area contributed by atoms with E-state index in [0.717, 1.165) is 25.1 Å². The molecule has 1 heterocycles. The summed E-state index contributed by atoms with van der Waals surface area (Å²) in [6, 6.07) is 8.06. The molecule has 1 aromatic carbocycles. The van der Waals surface area contributed by atoms with E-state index in [2.05, 4.69) is 31.0 Å². The number of nitro groups is 1. The second-order valence-electron chi connectivity index (χ2n) is 5.81. The van der Waals surface area contributed by atoms with Crippen molar-refractivity contribution < 1.29 is 4.92 Å². The summed E-state index contributed by atoms with van der Waals surface area (Å²) in [4.78, 5) is 12.9. The van der Waals surface area contributed by atoms with E-state index < -0.39 is 0 Å². The summed E-state index contributed by atoms with van der Waals surface area (Å²) in [6.45, 7) is 8.67. The Morgan fingerprint density at radius 1 is 1.40 bits per heavy atom. The Kier molecular flexibility index (Phi) is 4.73. The molecule has 2 unspecified atom stereocenters. The second-order valence-corrected chi connectivity index (χ2v) is 5.81. The van der Waals surface area contributed by atoms with Gasteiger partial charge >= 0.3 is 0 Å². The number of likely N-dealkylation sites (tertiary alicyclic amines) is 1. The largest absolute Gasteiger partial charge is 0.306 e. The van der Waals surface area contributed by atoms with Gasteiger partial charge in [-0.2, -0.15) is 0 Å². The smallest absolute Gasteiger partial charge is 0.269 e. The molecule has 1 aliphatic heterocycles. The molecule has 20 heavy (non-hydrogen) atoms. The average Bonchev–Trinajstić information content (AvgIpc) is 2.87. The van der Waals surface area contributed by atoms with Crippen LogP contribution in [0.5, 0.6) is 0 Å². The van der Waals surface area contributed by atoms with E-state index in [0.29, 0.717) is 12.1 Å². The minimum absolute atomic E-state index is 0.131. The van der Waals surface area contributed by atoms with Gasteiger partial charge in [0.1, 0.15) is 0 Å². The first kappa shape index (κ1) is 14.9. The van der Waals surface area contributed by atoms with Gasteiger partial charge in [-0.25, -0.2) is 0 Å². The van der Waals surface area contributed by atoms with E-state index in [1.165, 1.54) is 6.07 Å². The van der Waals surface area contributed by atoms with Crippen LogP contribution in [0.15, 0.2) is 24.3 Å². The zero-order valence-electron chi connectivity index (χ0n) is 12.4. The Bertz CT molecular complexity index is 476. The third kappa shape index (κ3) is 3.55. The Labute approximate surface area is 120 Å². The molecule has 1 aromatic rings. The van der Waals surface area contributed by atoms with Gasteiger partial charge in [-0.1, -0.05) is 12.1 Å². The van der Waals surface area contributed by atoms with E-state index in [4.69, 9.17) is 0 Å². The van der Waals surface area contributed by atoms with Crippen LogP contribution < -0.4 is 5.32 Å². The van der Waals surface area contributed by atoms with Crippen molar-refractivity contribution >= 4 is 5.69 Å². The SMILES string of the molecule is CC(NC1CCN(C(C)C)C1)c1cccc([N+](=O)[O-])c1. The minimum atomic E-state index is -0.341. The molecule has 5 heteroatoms. The van der Waals surface area contributed by atoms with Crippen LogP contribution in [0.4, 0.5) is 5.69 Å². The van der Waals surface area contributed by atoms with Gasteiger partial charge in [0.15, 0.2) is 0 Å². The Hall–Kier alpha value is -1.46. The zero-order valence-corrected chi connectivity index (χ0v) is 12.4. The molecule has 1 N–H and O–H groups in total. The maximum Gasteiger partial charge on any atom is 0.269 e. The van der Waals surface area contributed by atoms with Crippen molar-refractivity contribution in [2.75, 3.05) is 13.1 Å². The highest BCUT2D eigenvalue weighted by atomic mass is 16.6. The summed E-state index contributed by atoms with van der Waals surface area (Å²) < 4.78 is 0. The lowest BCUT2D eigenvalue weighted by atomic mass is 10.1. The Balaban J connectivity index is 1.97. The Morgan fingerprint density at radius 2 is 2.15 bits per heavy atom. The number of hydrogen-bond donors (Lipinski definition) is 1. The van der Waals surface area contributed by atoms with Crippen molar-refractivity contribution in [3.8, 4) is 0 Å². The van der Waals surface area contributed by atoms with Gasteiger partial charge in [0.05, 0.1) is 4.92 Å². The third-order valence-electron chi connectivity index (χ3n) is 4.02. The molecule has 0 amide bonds. The number of nitrogens with zero attached hydrogens (tertiary/aromatic N) is 2. The van der Waals surface area contributed by atoms with Gasteiger partial charge in [0.25, 0.3) is 5.69 Å². The standard InChI is InChI=1S/C15H23N3O2/c1-11(2)17-8-7-14(10-17)16-12(3)13-5-4-6-15(9-13)18(19)20/h4-6,9,11-12,14,16H,7-8,10H2,1-3H3. The van der Waals surface area contributed by atoms with Crippen molar-refractivity contribution in [1.29, 1.82) is 0 Å². The van der Waals surface area contributed by atoms with Crippen LogP contribution in [-0.2, 0) is 0 Å². The molecule has 1 saturated heterocycles. The van der Waals surface area contributed by atoms with E-state index in [1.807, 2.05) is 6.07 Å². The van der Waals surface area contributed by atoms with Gasteiger partial charge in [-0.3, -0.25) is 15.0 Å². The molecule has 0 spiro atoms. The van der Waals surface area contributed by atoms with Crippen molar-refractivity contribution in [2.24, 2.45) is 0 Å². The van der Waals surface area contributed by atoms with E-state index in [9.17, 15) is 10.1 Å². The summed E-state index contributed by atoms with van der Waals surface area (Å²) in [7, 11) is 0. The first-order valence-corrected chi connectivity index (χ1v) is 7.22. The first-order valence-electron chi connectivity index (χ1n) is 7.22. The van der Waals surface area contributed by atoms with Crippen molar-refractivity contribution in [3.63, 3.8) is 0 Å². The maximum atomic E-state index is 10.8. The lowest BCUT2D eigenvalue weighted by Crippen LogP contribution is -2.36. The van der Waals surface area contributed by atoms with Crippen LogP contribution in [0.1, 0.15) is 38.8 Å². The van der Waals surface area contributed by atoms with Crippen LogP contribution in [0.2, 0.25) is 0 Å². The van der Waals surface area contributed by atoms with Gasteiger partial charge < -0.3 is 5.32 Å². The van der Waals surface area contributed by atoms with Crippen molar-refractivity contribution in [1.82, 2.24) is 10.2 Å². The van der Waals surface area contributed by atoms with Gasteiger partial charge in [0, 0.05) is 36.8 Å². The minimum Gasteiger partial charge on any atom is -0.306 e. The lowest BCUT2D eigenvalue weighted by molar-refractivity contribution is -0.384. The fraction of sp³-hybridized carbons (Fsp3) is 0.600. The summed E-state index contributed by atoms with van der Waals surface area (Å²) >= 11 is 0. The maximum absolute atomic E-state index is 10.8. The predicted molar refractivity (Wildman–Crippen MR) is 79.8 cm³/mol. The quantitative estimate of drug-likeness (QED) is 0.664. The Morgan fingerprint density at radius 3 is 2.75 bits per heavy atom. The van der Waals surface area contributed by atoms with Crippen LogP contribution >= 0.6 is 0 Å². The first-order chi connectivity index (χ1) is 9.47. The van der Waals surface area contributed by atoms with E-state index in [1.54, 1.807) is 12.1 Å². The summed E-state index contributed by atoms with van der Waals surface area (Å²) in [5, 5.41) is 14.4. The highest BCUT2D eigenvalue weighted by Gasteiger charge is 2.25. The summed E-state index contributed by atoms with van der Waals surface area (Å²) in [6.07, 6.45) is 1.14. The second kappa shape index (κ2) is 6.33. The topological polar surface area (TPSA) is 58.4 Å². The molecule has 0 saturated carbocycles. The normalized spacial score (nSPS) is 21.3. The van der Waals surface area contributed by atoms with Crippen LogP contribution in [0, 0.1) is 10.1 Å². The van der Waals surface area contributed by atoms with E-state index >= 15 is 0 Å². The molecular formula is C15H23N3O2. The predicted octanol–water partition coefficient (Wildman–Crippen LogP) is 2.73. The highest BCUT2D eigenvalue weighted by molar-refractivity contribution is 5.35. The molecule has 1 fully saturated rings. The molecule has 2 rings (SSSR count). The van der Waals surface area contributed by atoms with Crippen molar-refractivity contribution in [3.05, 3.63) is 39.9 Å². The highest BCUT2D eigenvalue weighted by Crippen LogP contribution is 2.21. The molecule has 2 atom stereocenters. The fourth-order valence-electron chi connectivity index (χ4n) is 2.75. The average molecular weight is 277 g/mol. The molecule has 1 aliphatic rings. The van der Waals surface area contributed by atoms with Crippen molar-refractivity contribution in [2.45, 2.75) is 45.3 Å². The van der Waals surface area contributed by atoms with Crippen LogP contribution in [0.25, 0.3) is 0 Å². The number of nitro benzene ring substituents is 1. The summed E-state index contributed by atoms with van der Waals surface area (Å²) in [5.74, 6) is 0. The molecular weight excluding hydrogens is 254 g/mol. The monoisotopic (exact) mass is 277 g/mol. The zero-order chi connectivity index (χ0) is 14.7. The summed E-state index contributed by atoms with van der Waals surface area (Å²) in [5.41, 5.74) is 1.13. The lowest BCUT2D eigenvalue weighted by Gasteiger charge is -2.22. The molecule has 0 bridgehead atoms. The molecule has 0 aliphatic carbocycles. The number of rotatable bonds is 5. The van der Waals surface area contributed by atoms with Gasteiger partial charge in [-0.15, -0.1) is 0 Å². The fourth-order valence-corrected chi connectivity index (χ4v) is 2.75. The molecule has 5 nitrogen and oxygen atoms in total. The number of hydrogen-bond acceptors (Lipinski definition) is 4.